The fraction of sp³-hybridized carbons (Fsp3) is 0.400. The molecule has 0 aromatic heterocycles. The van der Waals surface area contributed by atoms with E-state index in [2.05, 4.69) is 0 Å². The zero-order valence-electron chi connectivity index (χ0n) is 3.55. The predicted molar refractivity (Wildman–Crippen MR) is 24.2 cm³/mol. The minimum absolute atomic E-state index is 0.552. The van der Waals surface area contributed by atoms with E-state index in [1.807, 2.05) is 0 Å². The van der Waals surface area contributed by atoms with Gasteiger partial charge in [-0.25, -0.2) is 0 Å². The third-order valence-corrected chi connectivity index (χ3v) is 0.451. The van der Waals surface area contributed by atoms with E-state index in [1.54, 1.807) is 0 Å². The van der Waals surface area contributed by atoms with Gasteiger partial charge < -0.3 is 4.79 Å². The molecule has 0 aromatic carbocycles. The monoisotopic (exact) mass is 83.0 g/mol. The minimum atomic E-state index is 0.552. The Morgan fingerprint density at radius 1 is 1.50 bits per heavy atom. The van der Waals surface area contributed by atoms with Crippen LogP contribution >= 0.6 is 0 Å². The zero-order valence-corrected chi connectivity index (χ0v) is 3.55. The summed E-state index contributed by atoms with van der Waals surface area (Å²) >= 11 is 0. The normalized spacial score (nSPS) is 7.33. The SMILES string of the molecule is [CH]=CCCC=O. The first-order chi connectivity index (χ1) is 2.91. The quantitative estimate of drug-likeness (QED) is 0.367. The van der Waals surface area contributed by atoms with E-state index in [1.165, 1.54) is 6.08 Å². The molecule has 1 nitrogen and oxygen atoms in total. The molecule has 0 spiro atoms. The van der Waals surface area contributed by atoms with Crippen molar-refractivity contribution in [1.29, 1.82) is 0 Å². The Morgan fingerprint density at radius 2 is 2.17 bits per heavy atom. The number of aldehydes is 1. The largest absolute Gasteiger partial charge is 0.303 e. The summed E-state index contributed by atoms with van der Waals surface area (Å²) in [6, 6.07) is 0. The van der Waals surface area contributed by atoms with Crippen LogP contribution in [0.3, 0.4) is 0 Å². The first-order valence-electron chi connectivity index (χ1n) is 1.89. The van der Waals surface area contributed by atoms with Gasteiger partial charge in [0.25, 0.3) is 0 Å². The molecular formula is C5H7O. The number of hydrogen-bond donors (Lipinski definition) is 0. The Morgan fingerprint density at radius 3 is 2.33 bits per heavy atom. The van der Waals surface area contributed by atoms with Crippen molar-refractivity contribution in [2.45, 2.75) is 12.8 Å². The van der Waals surface area contributed by atoms with Crippen LogP contribution in [-0.4, -0.2) is 6.29 Å². The summed E-state index contributed by atoms with van der Waals surface area (Å²) in [5, 5.41) is 0. The molecule has 0 aromatic rings. The molecular weight excluding hydrogens is 76.1 g/mol. The van der Waals surface area contributed by atoms with Gasteiger partial charge in [0.15, 0.2) is 0 Å². The molecule has 1 radical (unpaired) electrons. The van der Waals surface area contributed by atoms with Gasteiger partial charge in [-0.05, 0) is 6.42 Å². The topological polar surface area (TPSA) is 17.1 Å². The van der Waals surface area contributed by atoms with E-state index in [4.69, 9.17) is 6.58 Å². The number of rotatable bonds is 3. The third-order valence-electron chi connectivity index (χ3n) is 0.451. The van der Waals surface area contributed by atoms with Crippen molar-refractivity contribution >= 4 is 6.29 Å². The number of carbonyl (C=O) groups excluding carboxylic acids is 1. The van der Waals surface area contributed by atoms with Gasteiger partial charge in [-0.1, -0.05) is 12.7 Å². The van der Waals surface area contributed by atoms with E-state index in [0.717, 1.165) is 6.29 Å². The fourth-order valence-corrected chi connectivity index (χ4v) is 0.164. The maximum Gasteiger partial charge on any atom is 0.120 e. The van der Waals surface area contributed by atoms with Crippen LogP contribution in [0.2, 0.25) is 0 Å². The van der Waals surface area contributed by atoms with Gasteiger partial charge in [0, 0.05) is 6.42 Å². The Kier molecular flexibility index (Phi) is 3.98. The maximum atomic E-state index is 9.49. The van der Waals surface area contributed by atoms with E-state index in [9.17, 15) is 4.79 Å². The lowest BCUT2D eigenvalue weighted by atomic mass is 10.3. The Balaban J connectivity index is 2.66. The third kappa shape index (κ3) is 3.41. The molecule has 0 aliphatic carbocycles. The van der Waals surface area contributed by atoms with Gasteiger partial charge in [0.05, 0.1) is 0 Å². The highest BCUT2D eigenvalue weighted by atomic mass is 16.1. The van der Waals surface area contributed by atoms with Crippen molar-refractivity contribution in [2.75, 3.05) is 0 Å². The molecule has 0 bridgehead atoms. The van der Waals surface area contributed by atoms with Gasteiger partial charge >= 0.3 is 0 Å². The van der Waals surface area contributed by atoms with Crippen LogP contribution in [0.15, 0.2) is 6.08 Å². The Labute approximate surface area is 37.7 Å². The molecule has 0 N–H and O–H groups in total. The summed E-state index contributed by atoms with van der Waals surface area (Å²) in [5.74, 6) is 0. The van der Waals surface area contributed by atoms with Crippen molar-refractivity contribution in [3.8, 4) is 0 Å². The van der Waals surface area contributed by atoms with E-state index < -0.39 is 0 Å². The molecule has 1 heteroatoms. The average Bonchev–Trinajstić information content (AvgIpc) is 1.61. The van der Waals surface area contributed by atoms with Crippen molar-refractivity contribution < 1.29 is 4.79 Å². The maximum absolute atomic E-state index is 9.49. The second-order valence-corrected chi connectivity index (χ2v) is 0.980. The highest BCUT2D eigenvalue weighted by Crippen LogP contribution is 1.80. The van der Waals surface area contributed by atoms with Crippen LogP contribution < -0.4 is 0 Å². The van der Waals surface area contributed by atoms with Crippen LogP contribution in [0.1, 0.15) is 12.8 Å². The van der Waals surface area contributed by atoms with E-state index in [-0.39, 0.29) is 0 Å². The standard InChI is InChI=1S/C5H7O/c1-2-3-4-5-6/h1-2,5H,3-4H2. The van der Waals surface area contributed by atoms with Gasteiger partial charge in [0.2, 0.25) is 0 Å². The van der Waals surface area contributed by atoms with Crippen LogP contribution in [0.5, 0.6) is 0 Å². The van der Waals surface area contributed by atoms with Gasteiger partial charge in [0.1, 0.15) is 6.29 Å². The lowest BCUT2D eigenvalue weighted by Crippen LogP contribution is -1.66. The van der Waals surface area contributed by atoms with Crippen LogP contribution in [0, 0.1) is 6.58 Å². The fourth-order valence-electron chi connectivity index (χ4n) is 0.164. The average molecular weight is 83.1 g/mol. The highest BCUT2D eigenvalue weighted by molar-refractivity contribution is 5.49. The number of allylic oxidation sites excluding steroid dienone is 1. The van der Waals surface area contributed by atoms with Crippen molar-refractivity contribution in [2.24, 2.45) is 0 Å². The number of unbranched alkanes of at least 4 members (excludes halogenated alkanes) is 1. The first-order valence-corrected chi connectivity index (χ1v) is 1.89. The van der Waals surface area contributed by atoms with E-state index >= 15 is 0 Å². The van der Waals surface area contributed by atoms with Crippen LogP contribution in [0.25, 0.3) is 0 Å². The predicted octanol–water partition coefficient (Wildman–Crippen LogP) is 0.955. The summed E-state index contributed by atoms with van der Waals surface area (Å²) in [7, 11) is 0. The molecule has 0 heterocycles. The van der Waals surface area contributed by atoms with Crippen molar-refractivity contribution in [1.82, 2.24) is 0 Å². The Bertz CT molecular complexity index is 39.9. The first kappa shape index (κ1) is 5.41. The van der Waals surface area contributed by atoms with Crippen molar-refractivity contribution in [3.63, 3.8) is 0 Å². The molecule has 0 atom stereocenters. The van der Waals surface area contributed by atoms with Crippen molar-refractivity contribution in [3.05, 3.63) is 12.7 Å². The zero-order chi connectivity index (χ0) is 4.83. The molecule has 6 heavy (non-hydrogen) atoms. The molecule has 0 saturated carbocycles. The van der Waals surface area contributed by atoms with Gasteiger partial charge in [-0.3, -0.25) is 0 Å². The summed E-state index contributed by atoms with van der Waals surface area (Å²) in [5.41, 5.74) is 0. The van der Waals surface area contributed by atoms with E-state index in [0.29, 0.717) is 12.8 Å². The molecule has 0 amide bonds. The lowest BCUT2D eigenvalue weighted by molar-refractivity contribution is -0.107. The number of carbonyl (C=O) groups is 1. The molecule has 0 fully saturated rings. The van der Waals surface area contributed by atoms with Gasteiger partial charge in [-0.15, -0.1) is 0 Å². The second-order valence-electron chi connectivity index (χ2n) is 0.980. The minimum Gasteiger partial charge on any atom is -0.303 e. The molecule has 33 valence electrons. The summed E-state index contributed by atoms with van der Waals surface area (Å²) in [6.45, 7) is 4.93. The molecule has 0 unspecified atom stereocenters. The van der Waals surface area contributed by atoms with Crippen LogP contribution in [-0.2, 0) is 4.79 Å². The summed E-state index contributed by atoms with van der Waals surface area (Å²) in [4.78, 5) is 9.49. The lowest BCUT2D eigenvalue weighted by Gasteiger charge is -1.72. The second kappa shape index (κ2) is 4.41. The van der Waals surface area contributed by atoms with Crippen LogP contribution in [0.4, 0.5) is 0 Å². The molecule has 0 saturated heterocycles. The summed E-state index contributed by atoms with van der Waals surface area (Å²) < 4.78 is 0. The molecule has 0 aliphatic heterocycles. The highest BCUT2D eigenvalue weighted by Gasteiger charge is 1.70. The summed E-state index contributed by atoms with van der Waals surface area (Å²) in [6.07, 6.45) is 3.58. The Hall–Kier alpha value is -0.590. The van der Waals surface area contributed by atoms with Gasteiger partial charge in [-0.2, -0.15) is 0 Å². The smallest absolute Gasteiger partial charge is 0.120 e. The molecule has 0 rings (SSSR count). The number of hydrogen-bond acceptors (Lipinski definition) is 1. The molecule has 0 aliphatic rings.